The van der Waals surface area contributed by atoms with Crippen LogP contribution in [-0.4, -0.2) is 160 Å². The Kier molecular flexibility index (Phi) is 34.5. The number of nitrogens with two attached hydrogens (primary N) is 5. The van der Waals surface area contributed by atoms with Crippen LogP contribution in [0.5, 0.6) is 11.5 Å². The van der Waals surface area contributed by atoms with E-state index in [1.165, 1.54) is 48.5 Å². The molecule has 9 amide bonds. The number of carbonyl (C=O) groups is 10. The molecule has 2 aromatic carbocycles. The monoisotopic (exact) mass is 1280 g/mol. The van der Waals surface area contributed by atoms with Gasteiger partial charge >= 0.3 is 5.97 Å². The van der Waals surface area contributed by atoms with Gasteiger partial charge in [0.1, 0.15) is 59.8 Å². The molecule has 29 heteroatoms. The van der Waals surface area contributed by atoms with Crippen LogP contribution >= 0.6 is 0 Å². The first-order chi connectivity index (χ1) is 42.6. The molecule has 9 atom stereocenters. The largest absolute Gasteiger partial charge is 0.508 e. The van der Waals surface area contributed by atoms with Gasteiger partial charge in [0.25, 0.3) is 0 Å². The van der Waals surface area contributed by atoms with Crippen LogP contribution in [-0.2, 0) is 60.8 Å². The smallest absolute Gasteiger partial charge is 0.326 e. The van der Waals surface area contributed by atoms with E-state index >= 15 is 0 Å². The summed E-state index contributed by atoms with van der Waals surface area (Å²) in [5.41, 5.74) is 29.2. The van der Waals surface area contributed by atoms with E-state index in [0.29, 0.717) is 17.5 Å². The number of carboxylic acid groups (broad SMARTS) is 1. The molecule has 2 aromatic rings. The summed E-state index contributed by atoms with van der Waals surface area (Å²) < 4.78 is 0. The minimum Gasteiger partial charge on any atom is -0.508 e. The summed E-state index contributed by atoms with van der Waals surface area (Å²) in [7, 11) is 0. The fraction of sp³-hybridized carbons (Fsp3) is 0.613. The number of phenols is 2. The molecule has 0 heterocycles. The number of phenolic OH excluding ortho intramolecular Hbond substituents is 2. The lowest BCUT2D eigenvalue weighted by molar-refractivity contribution is -0.141. The van der Waals surface area contributed by atoms with Crippen molar-refractivity contribution in [3.8, 4) is 11.5 Å². The van der Waals surface area contributed by atoms with Crippen molar-refractivity contribution in [1.29, 1.82) is 0 Å². The quantitative estimate of drug-likeness (QED) is 0.0229. The first-order valence-electron chi connectivity index (χ1n) is 31.0. The minimum absolute atomic E-state index is 0.0219. The summed E-state index contributed by atoms with van der Waals surface area (Å²) in [6.07, 6.45) is 0.806. The Labute approximate surface area is 533 Å². The second-order valence-electron chi connectivity index (χ2n) is 25.0. The second kappa shape index (κ2) is 40.1. The van der Waals surface area contributed by atoms with Gasteiger partial charge in [-0.1, -0.05) is 93.5 Å². The van der Waals surface area contributed by atoms with Crippen molar-refractivity contribution in [2.24, 2.45) is 68.2 Å². The van der Waals surface area contributed by atoms with E-state index in [9.17, 15) is 63.3 Å². The fourth-order valence-corrected chi connectivity index (χ4v) is 9.53. The summed E-state index contributed by atoms with van der Waals surface area (Å²) in [5, 5.41) is 53.7. The maximum absolute atomic E-state index is 14.7. The summed E-state index contributed by atoms with van der Waals surface area (Å²) in [4.78, 5) is 147. The number of hydrogen-bond donors (Lipinski definition) is 17. The van der Waals surface area contributed by atoms with E-state index in [2.05, 4.69) is 57.8 Å². The van der Waals surface area contributed by atoms with E-state index < -0.39 is 120 Å². The van der Waals surface area contributed by atoms with Crippen molar-refractivity contribution >= 4 is 71.1 Å². The van der Waals surface area contributed by atoms with Gasteiger partial charge in [0.05, 0.1) is 12.6 Å². The average molecular weight is 1280 g/mol. The number of carbonyl (C=O) groups excluding carboxylic acids is 9. The van der Waals surface area contributed by atoms with Gasteiger partial charge in [-0.15, -0.1) is 0 Å². The number of aliphatic imine (C=N–C) groups is 2. The summed E-state index contributed by atoms with van der Waals surface area (Å²) in [6.45, 7) is 17.8. The third-order valence-corrected chi connectivity index (χ3v) is 14.0. The Morgan fingerprint density at radius 3 is 1.04 bits per heavy atom. The second-order valence-corrected chi connectivity index (χ2v) is 25.0. The molecule has 2 rings (SSSR count). The van der Waals surface area contributed by atoms with Gasteiger partial charge in [-0.25, -0.2) is 4.79 Å². The van der Waals surface area contributed by atoms with Gasteiger partial charge in [-0.2, -0.15) is 0 Å². The molecule has 0 saturated heterocycles. The Morgan fingerprint density at radius 2 is 0.692 bits per heavy atom. The van der Waals surface area contributed by atoms with Gasteiger partial charge in [-0.05, 0) is 123 Å². The zero-order chi connectivity index (χ0) is 68.7. The van der Waals surface area contributed by atoms with E-state index in [1.807, 2.05) is 41.5 Å². The van der Waals surface area contributed by atoms with E-state index in [1.54, 1.807) is 27.7 Å². The molecular formula is C62H102N16O13. The topological polar surface area (TPSA) is 494 Å². The lowest BCUT2D eigenvalue weighted by atomic mass is 9.98. The zero-order valence-corrected chi connectivity index (χ0v) is 54.3. The molecule has 508 valence electrons. The molecule has 0 fully saturated rings. The maximum Gasteiger partial charge on any atom is 0.326 e. The predicted molar refractivity (Wildman–Crippen MR) is 345 cm³/mol. The van der Waals surface area contributed by atoms with Gasteiger partial charge in [0.2, 0.25) is 53.2 Å². The standard InChI is InChI=1S/C62H102N16O13/c1-33(2)25-44(53(83)70-32-51(81)71-50(60(90)91)31-39-17-21-41(80)22-18-39)74-57(87)47(28-36(7)8)77-59(89)49(30-38-15-19-40(79)20-16-38)78-54(84)43(14-12-24-69-62(66)67)72-55(85)46(27-35(5)6)75-58(88)48(29-37(9)10)76-56(86)45(26-34(3)4)73-52(82)42(63)13-11-23-68-61(64)65/h15-22,33-37,42-50,79-80H,11-14,23-32,63H2,1-10H3,(H,70,83)(H,71,81)(H,72,85)(H,73,82)(H,74,87)(H,75,88)(H,76,86)(H,77,89)(H,78,84)(H,90,91)(H4,64,65,68)(H4,66,67,69)/t42-,43-,44-,45-,46-,47-,48-,49-,50-/m0/s1. The highest BCUT2D eigenvalue weighted by molar-refractivity contribution is 5.98. The molecule has 0 bridgehead atoms. The van der Waals surface area contributed by atoms with Crippen molar-refractivity contribution in [2.45, 2.75) is 194 Å². The van der Waals surface area contributed by atoms with Crippen LogP contribution in [0.1, 0.15) is 138 Å². The Balaban J connectivity index is 2.50. The SMILES string of the molecule is CC(C)C[C@H](NC(=O)[C@H](CC(C)C)NC(=O)[C@H](Cc1ccc(O)cc1)NC(=O)[C@H](CCCN=C(N)N)NC(=O)[C@H](CC(C)C)NC(=O)[C@H](CC(C)C)NC(=O)[C@H](CC(C)C)NC(=O)[C@@H](N)CCCN=C(N)N)C(=O)NCC(=O)N[C@@H](Cc1ccc(O)cc1)C(=O)O. The zero-order valence-electron chi connectivity index (χ0n) is 54.3. The molecular weight excluding hydrogens is 1180 g/mol. The average Bonchev–Trinajstić information content (AvgIpc) is 2.16. The maximum atomic E-state index is 14.7. The van der Waals surface area contributed by atoms with Crippen LogP contribution in [0.15, 0.2) is 58.5 Å². The van der Waals surface area contributed by atoms with Crippen LogP contribution in [0, 0.1) is 29.6 Å². The van der Waals surface area contributed by atoms with Gasteiger partial charge in [0.15, 0.2) is 11.9 Å². The molecule has 0 unspecified atom stereocenters. The third-order valence-electron chi connectivity index (χ3n) is 14.0. The van der Waals surface area contributed by atoms with Crippen molar-refractivity contribution < 1.29 is 63.3 Å². The van der Waals surface area contributed by atoms with Gasteiger partial charge in [-0.3, -0.25) is 53.1 Å². The summed E-state index contributed by atoms with van der Waals surface area (Å²) >= 11 is 0. The summed E-state index contributed by atoms with van der Waals surface area (Å²) in [6, 6.07) is 0.161. The van der Waals surface area contributed by atoms with Crippen molar-refractivity contribution in [3.05, 3.63) is 59.7 Å². The Bertz CT molecular complexity index is 2750. The van der Waals surface area contributed by atoms with Crippen LogP contribution in [0.3, 0.4) is 0 Å². The van der Waals surface area contributed by atoms with Crippen molar-refractivity contribution in [2.75, 3.05) is 19.6 Å². The number of guanidine groups is 2. The van der Waals surface area contributed by atoms with Gasteiger partial charge < -0.3 is 91.8 Å². The van der Waals surface area contributed by atoms with Crippen LogP contribution < -0.4 is 76.5 Å². The molecule has 0 spiro atoms. The molecule has 0 radical (unpaired) electrons. The Morgan fingerprint density at radius 1 is 0.396 bits per heavy atom. The van der Waals surface area contributed by atoms with E-state index in [4.69, 9.17) is 28.7 Å². The van der Waals surface area contributed by atoms with Crippen LogP contribution in [0.4, 0.5) is 0 Å². The number of amides is 9. The van der Waals surface area contributed by atoms with E-state index in [0.717, 1.165) is 0 Å². The molecule has 0 saturated carbocycles. The molecule has 0 aromatic heterocycles. The molecule has 29 nitrogen and oxygen atoms in total. The number of benzene rings is 2. The number of nitrogens with zero attached hydrogens (tertiary/aromatic N) is 2. The number of nitrogens with one attached hydrogen (secondary N) is 9. The number of aliphatic carboxylic acids is 1. The number of aromatic hydroxyl groups is 2. The van der Waals surface area contributed by atoms with Crippen LogP contribution in [0.2, 0.25) is 0 Å². The molecule has 0 aliphatic rings. The minimum atomic E-state index is -1.46. The normalized spacial score (nSPS) is 14.2. The van der Waals surface area contributed by atoms with Crippen LogP contribution in [0.25, 0.3) is 0 Å². The van der Waals surface area contributed by atoms with E-state index in [-0.39, 0.29) is 130 Å². The lowest BCUT2D eigenvalue weighted by Crippen LogP contribution is -2.61. The lowest BCUT2D eigenvalue weighted by Gasteiger charge is -2.29. The van der Waals surface area contributed by atoms with Gasteiger partial charge in [0, 0.05) is 25.9 Å². The molecule has 22 N–H and O–H groups in total. The fourth-order valence-electron chi connectivity index (χ4n) is 9.53. The highest BCUT2D eigenvalue weighted by atomic mass is 16.4. The molecule has 0 aliphatic carbocycles. The van der Waals surface area contributed by atoms with Crippen molar-refractivity contribution in [1.82, 2.24) is 47.9 Å². The predicted octanol–water partition coefficient (Wildman–Crippen LogP) is -0.373. The first kappa shape index (κ1) is 78.3. The highest BCUT2D eigenvalue weighted by Gasteiger charge is 2.36. The molecule has 0 aliphatic heterocycles. The third kappa shape index (κ3) is 32.0. The summed E-state index contributed by atoms with van der Waals surface area (Å²) in [5.74, 6) is -9.52. The highest BCUT2D eigenvalue weighted by Crippen LogP contribution is 2.17. The first-order valence-corrected chi connectivity index (χ1v) is 31.0. The number of rotatable bonds is 41. The Hall–Kier alpha value is -8.76. The number of carboxylic acids is 1. The van der Waals surface area contributed by atoms with Crippen molar-refractivity contribution in [3.63, 3.8) is 0 Å². The number of hydrogen-bond acceptors (Lipinski definition) is 15. The molecule has 91 heavy (non-hydrogen) atoms.